The number of unbranched alkanes of at least 4 members (excludes halogenated alkanes) is 10. The minimum Gasteiger partial charge on any atom is -0.233 e. The van der Waals surface area contributed by atoms with E-state index in [0.717, 1.165) is 12.8 Å². The molecule has 0 saturated heterocycles. The van der Waals surface area contributed by atoms with Gasteiger partial charge in [0.2, 0.25) is 0 Å². The first-order valence-electron chi connectivity index (χ1n) is 8.58. The van der Waals surface area contributed by atoms with Gasteiger partial charge in [0.25, 0.3) is 0 Å². The van der Waals surface area contributed by atoms with Gasteiger partial charge >= 0.3 is 0 Å². The lowest BCUT2D eigenvalue weighted by molar-refractivity contribution is 0.0950. The van der Waals surface area contributed by atoms with E-state index >= 15 is 0 Å². The minimum atomic E-state index is -0.364. The molecule has 0 aromatic carbocycles. The Morgan fingerprint density at radius 3 is 1.74 bits per heavy atom. The molecule has 19 heavy (non-hydrogen) atoms. The van der Waals surface area contributed by atoms with Gasteiger partial charge in [0.05, 0.1) is 6.10 Å². The SMILES string of the molecule is CCCCCCCC/C=C\CCCCCCC(C)[O]. The summed E-state index contributed by atoms with van der Waals surface area (Å²) in [5.74, 6) is 0. The Labute approximate surface area is 121 Å². The van der Waals surface area contributed by atoms with Crippen LogP contribution in [0.1, 0.15) is 97.3 Å². The second-order valence-electron chi connectivity index (χ2n) is 5.83. The molecular weight excluding hydrogens is 232 g/mol. The lowest BCUT2D eigenvalue weighted by Gasteiger charge is -2.01. The third-order valence-corrected chi connectivity index (χ3v) is 3.62. The summed E-state index contributed by atoms with van der Waals surface area (Å²) < 4.78 is 0. The summed E-state index contributed by atoms with van der Waals surface area (Å²) in [5.41, 5.74) is 0. The van der Waals surface area contributed by atoms with Crippen molar-refractivity contribution >= 4 is 0 Å². The van der Waals surface area contributed by atoms with Crippen molar-refractivity contribution in [1.29, 1.82) is 0 Å². The Bertz CT molecular complexity index is 184. The monoisotopic (exact) mass is 267 g/mol. The normalized spacial score (nSPS) is 13.2. The Kier molecular flexibility index (Phi) is 15.5. The van der Waals surface area contributed by atoms with Crippen LogP contribution in [0.2, 0.25) is 0 Å². The molecule has 0 aliphatic carbocycles. The zero-order chi connectivity index (χ0) is 14.2. The van der Waals surface area contributed by atoms with Gasteiger partial charge in [0.1, 0.15) is 0 Å². The van der Waals surface area contributed by atoms with E-state index in [-0.39, 0.29) is 6.10 Å². The van der Waals surface area contributed by atoms with E-state index in [2.05, 4.69) is 19.1 Å². The van der Waals surface area contributed by atoms with Gasteiger partial charge in [0, 0.05) is 0 Å². The molecule has 1 unspecified atom stereocenters. The fraction of sp³-hybridized carbons (Fsp3) is 0.889. The highest BCUT2D eigenvalue weighted by Gasteiger charge is 1.96. The second kappa shape index (κ2) is 15.8. The van der Waals surface area contributed by atoms with Crippen LogP contribution in [-0.2, 0) is 5.11 Å². The van der Waals surface area contributed by atoms with Crippen LogP contribution in [0.25, 0.3) is 0 Å². The van der Waals surface area contributed by atoms with Crippen LogP contribution in [0.4, 0.5) is 0 Å². The molecule has 0 fully saturated rings. The number of rotatable bonds is 14. The molecule has 0 aromatic rings. The van der Waals surface area contributed by atoms with Crippen LogP contribution < -0.4 is 0 Å². The van der Waals surface area contributed by atoms with Crippen molar-refractivity contribution in [2.45, 2.75) is 103 Å². The molecule has 1 heteroatoms. The molecule has 1 atom stereocenters. The third-order valence-electron chi connectivity index (χ3n) is 3.62. The van der Waals surface area contributed by atoms with E-state index in [9.17, 15) is 5.11 Å². The molecular formula is C18H35O. The lowest BCUT2D eigenvalue weighted by atomic mass is 10.1. The van der Waals surface area contributed by atoms with Crippen molar-refractivity contribution < 1.29 is 5.11 Å². The fourth-order valence-corrected chi connectivity index (χ4v) is 2.33. The average molecular weight is 267 g/mol. The van der Waals surface area contributed by atoms with Crippen LogP contribution in [0, 0.1) is 0 Å². The molecule has 113 valence electrons. The maximum atomic E-state index is 10.8. The minimum absolute atomic E-state index is 0.364. The summed E-state index contributed by atoms with van der Waals surface area (Å²) in [6, 6.07) is 0. The van der Waals surface area contributed by atoms with E-state index in [1.165, 1.54) is 70.6 Å². The topological polar surface area (TPSA) is 19.9 Å². The molecule has 0 N–H and O–H groups in total. The van der Waals surface area contributed by atoms with Gasteiger partial charge in [-0.1, -0.05) is 70.4 Å². The van der Waals surface area contributed by atoms with Gasteiger partial charge < -0.3 is 0 Å². The number of hydrogen-bond acceptors (Lipinski definition) is 0. The van der Waals surface area contributed by atoms with Crippen LogP contribution in [0.15, 0.2) is 12.2 Å². The first-order chi connectivity index (χ1) is 9.27. The summed E-state index contributed by atoms with van der Waals surface area (Å²) in [6.07, 6.45) is 21.0. The lowest BCUT2D eigenvalue weighted by Crippen LogP contribution is -1.95. The summed E-state index contributed by atoms with van der Waals surface area (Å²) in [5, 5.41) is 10.8. The third kappa shape index (κ3) is 17.7. The van der Waals surface area contributed by atoms with Crippen molar-refractivity contribution in [3.8, 4) is 0 Å². The van der Waals surface area contributed by atoms with Gasteiger partial charge in [-0.25, -0.2) is 5.11 Å². The van der Waals surface area contributed by atoms with E-state index in [1.54, 1.807) is 6.92 Å². The quantitative estimate of drug-likeness (QED) is 0.254. The van der Waals surface area contributed by atoms with Crippen molar-refractivity contribution in [2.75, 3.05) is 0 Å². The smallest absolute Gasteiger partial charge is 0.0902 e. The molecule has 1 nitrogen and oxygen atoms in total. The summed E-state index contributed by atoms with van der Waals surface area (Å²) in [7, 11) is 0. The highest BCUT2D eigenvalue weighted by Crippen LogP contribution is 2.09. The van der Waals surface area contributed by atoms with Crippen molar-refractivity contribution in [2.24, 2.45) is 0 Å². The molecule has 0 bridgehead atoms. The second-order valence-corrected chi connectivity index (χ2v) is 5.83. The zero-order valence-corrected chi connectivity index (χ0v) is 13.3. The van der Waals surface area contributed by atoms with E-state index in [0.29, 0.717) is 0 Å². The van der Waals surface area contributed by atoms with Crippen LogP contribution in [0.5, 0.6) is 0 Å². The predicted molar refractivity (Wildman–Crippen MR) is 85.0 cm³/mol. The van der Waals surface area contributed by atoms with Crippen LogP contribution in [0.3, 0.4) is 0 Å². The Hall–Kier alpha value is -0.300. The molecule has 0 rings (SSSR count). The fourth-order valence-electron chi connectivity index (χ4n) is 2.33. The zero-order valence-electron chi connectivity index (χ0n) is 13.3. The molecule has 0 amide bonds. The largest absolute Gasteiger partial charge is 0.233 e. The van der Waals surface area contributed by atoms with Gasteiger partial charge in [-0.2, -0.15) is 0 Å². The highest BCUT2D eigenvalue weighted by atomic mass is 16.3. The molecule has 0 heterocycles. The van der Waals surface area contributed by atoms with E-state index in [1.807, 2.05) is 0 Å². The van der Waals surface area contributed by atoms with Gasteiger partial charge in [0.15, 0.2) is 0 Å². The summed E-state index contributed by atoms with van der Waals surface area (Å²) in [6.45, 7) is 4.04. The Morgan fingerprint density at radius 1 is 0.737 bits per heavy atom. The Balaban J connectivity index is 3.05. The summed E-state index contributed by atoms with van der Waals surface area (Å²) in [4.78, 5) is 0. The summed E-state index contributed by atoms with van der Waals surface area (Å²) >= 11 is 0. The average Bonchev–Trinajstić information content (AvgIpc) is 2.39. The van der Waals surface area contributed by atoms with E-state index < -0.39 is 0 Å². The predicted octanol–water partition coefficient (Wildman–Crippen LogP) is 6.45. The van der Waals surface area contributed by atoms with Gasteiger partial charge in [-0.3, -0.25) is 0 Å². The van der Waals surface area contributed by atoms with Gasteiger partial charge in [-0.05, 0) is 39.0 Å². The highest BCUT2D eigenvalue weighted by molar-refractivity contribution is 4.81. The molecule has 1 radical (unpaired) electrons. The van der Waals surface area contributed by atoms with E-state index in [4.69, 9.17) is 0 Å². The molecule has 0 aliphatic heterocycles. The Morgan fingerprint density at radius 2 is 1.21 bits per heavy atom. The number of allylic oxidation sites excluding steroid dienone is 2. The molecule has 0 aromatic heterocycles. The molecule has 0 aliphatic rings. The maximum Gasteiger partial charge on any atom is 0.0902 e. The first kappa shape index (κ1) is 18.7. The van der Waals surface area contributed by atoms with Crippen molar-refractivity contribution in [1.82, 2.24) is 0 Å². The van der Waals surface area contributed by atoms with Crippen LogP contribution in [-0.4, -0.2) is 6.10 Å². The maximum absolute atomic E-state index is 10.8. The first-order valence-corrected chi connectivity index (χ1v) is 8.58. The standard InChI is InChI=1S/C18H35O/c1-3-4-5-6-7-8-9-10-11-12-13-14-15-16-17-18(2)19/h10-11,18H,3-9,12-17H2,1-2H3/b11-10-. The van der Waals surface area contributed by atoms with Crippen LogP contribution >= 0.6 is 0 Å². The molecule has 0 spiro atoms. The van der Waals surface area contributed by atoms with Crippen molar-refractivity contribution in [3.05, 3.63) is 12.2 Å². The van der Waals surface area contributed by atoms with Gasteiger partial charge in [-0.15, -0.1) is 0 Å². The molecule has 0 saturated carbocycles. The van der Waals surface area contributed by atoms with Crippen molar-refractivity contribution in [3.63, 3.8) is 0 Å². The number of hydrogen-bond donors (Lipinski definition) is 0.